The van der Waals surface area contributed by atoms with E-state index < -0.39 is 0 Å². The van der Waals surface area contributed by atoms with Gasteiger partial charge in [-0.05, 0) is 31.0 Å². The Balaban J connectivity index is 1.89. The van der Waals surface area contributed by atoms with Gasteiger partial charge >= 0.3 is 6.03 Å². The maximum absolute atomic E-state index is 11.7. The number of amides is 2. The average Bonchev–Trinajstić information content (AvgIpc) is 2.86. The minimum absolute atomic E-state index is 0.0730. The van der Waals surface area contributed by atoms with E-state index in [1.54, 1.807) is 0 Å². The molecule has 0 aromatic heterocycles. The predicted molar refractivity (Wildman–Crippen MR) is 72.4 cm³/mol. The van der Waals surface area contributed by atoms with E-state index >= 15 is 0 Å². The van der Waals surface area contributed by atoms with Crippen LogP contribution in [-0.4, -0.2) is 19.4 Å². The van der Waals surface area contributed by atoms with E-state index in [1.807, 2.05) is 25.1 Å². The summed E-state index contributed by atoms with van der Waals surface area (Å²) in [5.74, 6) is 1.49. The summed E-state index contributed by atoms with van der Waals surface area (Å²) in [6.07, 6.45) is 2.06. The maximum atomic E-state index is 11.7. The molecule has 0 saturated heterocycles. The van der Waals surface area contributed by atoms with Gasteiger partial charge in [0.1, 0.15) is 0 Å². The summed E-state index contributed by atoms with van der Waals surface area (Å²) in [6.45, 7) is 5.00. The molecule has 5 heteroatoms. The van der Waals surface area contributed by atoms with Crippen LogP contribution in [0.15, 0.2) is 18.2 Å². The summed E-state index contributed by atoms with van der Waals surface area (Å²) in [6, 6.07) is 5.49. The number of carbonyl (C=O) groups is 1. The number of benzene rings is 1. The molecule has 1 aromatic rings. The Hall–Kier alpha value is -1.91. The third-order valence-corrected chi connectivity index (χ3v) is 3.06. The number of hydrogen-bond acceptors (Lipinski definition) is 3. The van der Waals surface area contributed by atoms with Gasteiger partial charge in [-0.15, -0.1) is 0 Å². The van der Waals surface area contributed by atoms with Gasteiger partial charge < -0.3 is 20.1 Å². The summed E-state index contributed by atoms with van der Waals surface area (Å²) < 4.78 is 10.6. The summed E-state index contributed by atoms with van der Waals surface area (Å²) >= 11 is 0. The maximum Gasteiger partial charge on any atom is 0.315 e. The Morgan fingerprint density at radius 2 is 2.16 bits per heavy atom. The van der Waals surface area contributed by atoms with Crippen LogP contribution < -0.4 is 20.1 Å². The highest BCUT2D eigenvalue weighted by Crippen LogP contribution is 2.34. The van der Waals surface area contributed by atoms with Crippen LogP contribution in [0.25, 0.3) is 0 Å². The van der Waals surface area contributed by atoms with E-state index in [1.165, 1.54) is 0 Å². The lowest BCUT2D eigenvalue weighted by Crippen LogP contribution is -2.37. The Bertz CT molecular complexity index is 448. The van der Waals surface area contributed by atoms with Crippen LogP contribution in [0.1, 0.15) is 38.3 Å². The molecule has 0 spiro atoms. The molecule has 0 unspecified atom stereocenters. The normalized spacial score (nSPS) is 14.0. The summed E-state index contributed by atoms with van der Waals surface area (Å²) in [4.78, 5) is 11.7. The number of fused-ring (bicyclic) bond motifs is 1. The molecule has 2 rings (SSSR count). The molecule has 1 atom stereocenters. The van der Waals surface area contributed by atoms with Crippen LogP contribution in [0, 0.1) is 0 Å². The minimum Gasteiger partial charge on any atom is -0.454 e. The fraction of sp³-hybridized carbons (Fsp3) is 0.500. The number of rotatable bonds is 5. The molecule has 5 nitrogen and oxygen atoms in total. The predicted octanol–water partition coefficient (Wildman–Crippen LogP) is 2.58. The highest BCUT2D eigenvalue weighted by atomic mass is 16.7. The molecule has 0 aliphatic carbocycles. The van der Waals surface area contributed by atoms with E-state index in [2.05, 4.69) is 17.6 Å². The van der Waals surface area contributed by atoms with Crippen molar-refractivity contribution in [3.8, 4) is 11.5 Å². The third kappa shape index (κ3) is 3.53. The molecule has 2 N–H and O–H groups in total. The molecular formula is C14H20N2O3. The number of hydrogen-bond donors (Lipinski definition) is 2. The number of urea groups is 1. The van der Waals surface area contributed by atoms with Gasteiger partial charge in [-0.3, -0.25) is 0 Å². The van der Waals surface area contributed by atoms with Crippen molar-refractivity contribution in [2.45, 2.75) is 32.7 Å². The Morgan fingerprint density at radius 3 is 2.95 bits per heavy atom. The topological polar surface area (TPSA) is 59.6 Å². The monoisotopic (exact) mass is 264 g/mol. The molecule has 1 aliphatic heterocycles. The molecule has 19 heavy (non-hydrogen) atoms. The largest absolute Gasteiger partial charge is 0.454 e. The fourth-order valence-electron chi connectivity index (χ4n) is 1.89. The second-order valence-electron chi connectivity index (χ2n) is 4.59. The van der Waals surface area contributed by atoms with Crippen molar-refractivity contribution in [3.05, 3.63) is 23.8 Å². The lowest BCUT2D eigenvalue weighted by Gasteiger charge is -2.15. The molecule has 0 saturated carbocycles. The van der Waals surface area contributed by atoms with Crippen molar-refractivity contribution in [2.75, 3.05) is 13.3 Å². The molecule has 1 aromatic carbocycles. The van der Waals surface area contributed by atoms with Crippen LogP contribution in [0.2, 0.25) is 0 Å². The lowest BCUT2D eigenvalue weighted by atomic mass is 10.1. The van der Waals surface area contributed by atoms with Gasteiger partial charge in [0, 0.05) is 6.54 Å². The first kappa shape index (κ1) is 13.5. The van der Waals surface area contributed by atoms with Gasteiger partial charge in [0.15, 0.2) is 11.5 Å². The lowest BCUT2D eigenvalue weighted by molar-refractivity contribution is 0.174. The van der Waals surface area contributed by atoms with E-state index in [0.29, 0.717) is 6.54 Å². The van der Waals surface area contributed by atoms with Gasteiger partial charge in [-0.2, -0.15) is 0 Å². The molecule has 1 aliphatic rings. The second kappa shape index (κ2) is 6.31. The molecular weight excluding hydrogens is 244 g/mol. The van der Waals surface area contributed by atoms with Crippen LogP contribution in [0.5, 0.6) is 11.5 Å². The summed E-state index contributed by atoms with van der Waals surface area (Å²) in [5, 5.41) is 5.73. The van der Waals surface area contributed by atoms with Gasteiger partial charge in [0.2, 0.25) is 6.79 Å². The van der Waals surface area contributed by atoms with Gasteiger partial charge in [0.25, 0.3) is 0 Å². The number of unbranched alkanes of at least 4 members (excludes halogenated alkanes) is 1. The van der Waals surface area contributed by atoms with Crippen molar-refractivity contribution in [2.24, 2.45) is 0 Å². The van der Waals surface area contributed by atoms with Gasteiger partial charge in [-0.25, -0.2) is 4.79 Å². The second-order valence-corrected chi connectivity index (χ2v) is 4.59. The highest BCUT2D eigenvalue weighted by molar-refractivity contribution is 5.74. The Kier molecular flexibility index (Phi) is 4.49. The van der Waals surface area contributed by atoms with Crippen molar-refractivity contribution in [3.63, 3.8) is 0 Å². The zero-order valence-corrected chi connectivity index (χ0v) is 11.4. The zero-order chi connectivity index (χ0) is 13.7. The van der Waals surface area contributed by atoms with Crippen LogP contribution in [0.3, 0.4) is 0 Å². The van der Waals surface area contributed by atoms with Crippen LogP contribution >= 0.6 is 0 Å². The smallest absolute Gasteiger partial charge is 0.315 e. The molecule has 0 fully saturated rings. The van der Waals surface area contributed by atoms with Crippen LogP contribution in [-0.2, 0) is 0 Å². The van der Waals surface area contributed by atoms with E-state index in [4.69, 9.17) is 9.47 Å². The third-order valence-electron chi connectivity index (χ3n) is 3.06. The average molecular weight is 264 g/mol. The molecule has 0 radical (unpaired) electrons. The molecule has 1 heterocycles. The summed E-state index contributed by atoms with van der Waals surface area (Å²) in [5.41, 5.74) is 0.995. The van der Waals surface area contributed by atoms with Crippen molar-refractivity contribution in [1.29, 1.82) is 0 Å². The van der Waals surface area contributed by atoms with E-state index in [9.17, 15) is 4.79 Å². The Labute approximate surface area is 113 Å². The molecule has 0 bridgehead atoms. The summed E-state index contributed by atoms with van der Waals surface area (Å²) in [7, 11) is 0. The fourth-order valence-corrected chi connectivity index (χ4v) is 1.89. The standard InChI is InChI=1S/C14H20N2O3/c1-3-4-7-15-14(17)16-10(2)11-5-6-12-13(8-11)19-9-18-12/h5-6,8,10H,3-4,7,9H2,1-2H3,(H2,15,16,17)/t10-/m1/s1. The van der Waals surface area contributed by atoms with Crippen LogP contribution in [0.4, 0.5) is 4.79 Å². The first-order valence-electron chi connectivity index (χ1n) is 6.64. The minimum atomic E-state index is -0.140. The highest BCUT2D eigenvalue weighted by Gasteiger charge is 2.16. The zero-order valence-electron chi connectivity index (χ0n) is 11.4. The van der Waals surface area contributed by atoms with Gasteiger partial charge in [0.05, 0.1) is 6.04 Å². The van der Waals surface area contributed by atoms with Gasteiger partial charge in [-0.1, -0.05) is 19.4 Å². The number of ether oxygens (including phenoxy) is 2. The first-order chi connectivity index (χ1) is 9.20. The Morgan fingerprint density at radius 1 is 1.37 bits per heavy atom. The number of carbonyl (C=O) groups excluding carboxylic acids is 1. The quantitative estimate of drug-likeness (QED) is 0.804. The van der Waals surface area contributed by atoms with E-state index in [-0.39, 0.29) is 18.9 Å². The molecule has 2 amide bonds. The van der Waals surface area contributed by atoms with Crippen molar-refractivity contribution < 1.29 is 14.3 Å². The van der Waals surface area contributed by atoms with Crippen molar-refractivity contribution >= 4 is 6.03 Å². The first-order valence-corrected chi connectivity index (χ1v) is 6.64. The van der Waals surface area contributed by atoms with E-state index in [0.717, 1.165) is 29.9 Å². The SMILES string of the molecule is CCCCNC(=O)N[C@H](C)c1ccc2c(c1)OCO2. The number of nitrogens with one attached hydrogen (secondary N) is 2. The molecule has 104 valence electrons. The van der Waals surface area contributed by atoms with Crippen molar-refractivity contribution in [1.82, 2.24) is 10.6 Å².